The molecule has 1 aromatic carbocycles. The molecule has 2 N–H and O–H groups in total. The third-order valence-electron chi connectivity index (χ3n) is 3.57. The van der Waals surface area contributed by atoms with E-state index >= 15 is 0 Å². The molecule has 0 aliphatic rings. The quantitative estimate of drug-likeness (QED) is 0.892. The van der Waals surface area contributed by atoms with Crippen molar-refractivity contribution >= 4 is 21.4 Å². The van der Waals surface area contributed by atoms with E-state index < -0.39 is 10.0 Å². The summed E-state index contributed by atoms with van der Waals surface area (Å²) in [6.45, 7) is 4.79. The maximum atomic E-state index is 11.4. The second-order valence-electron chi connectivity index (χ2n) is 5.23. The van der Waals surface area contributed by atoms with Gasteiger partial charge in [0.15, 0.2) is 0 Å². The third kappa shape index (κ3) is 3.78. The minimum Gasteiger partial charge on any atom is -0.379 e. The predicted molar refractivity (Wildman–Crippen MR) is 87.1 cm³/mol. The van der Waals surface area contributed by atoms with Crippen molar-refractivity contribution < 1.29 is 8.42 Å². The van der Waals surface area contributed by atoms with Gasteiger partial charge in [-0.05, 0) is 37.6 Å². The Hall–Kier alpha value is -1.95. The van der Waals surface area contributed by atoms with Gasteiger partial charge in [-0.1, -0.05) is 12.1 Å². The van der Waals surface area contributed by atoms with Crippen LogP contribution >= 0.6 is 0 Å². The van der Waals surface area contributed by atoms with Gasteiger partial charge in [-0.25, -0.2) is 8.42 Å². The Morgan fingerprint density at radius 3 is 2.29 bits per heavy atom. The summed E-state index contributed by atoms with van der Waals surface area (Å²) in [4.78, 5) is 0. The number of aryl methyl sites for hydroxylation is 1. The predicted octanol–water partition coefficient (Wildman–Crippen LogP) is 2.63. The molecule has 0 bridgehead atoms. The molecule has 21 heavy (non-hydrogen) atoms. The van der Waals surface area contributed by atoms with E-state index in [9.17, 15) is 8.42 Å². The number of anilines is 2. The fourth-order valence-electron chi connectivity index (χ4n) is 2.23. The van der Waals surface area contributed by atoms with Gasteiger partial charge in [-0.15, -0.1) is 0 Å². The Balaban J connectivity index is 2.18. The Morgan fingerprint density at radius 1 is 1.14 bits per heavy atom. The molecule has 0 amide bonds. The number of aromatic nitrogens is 1. The van der Waals surface area contributed by atoms with Crippen LogP contribution in [0.4, 0.5) is 11.4 Å². The summed E-state index contributed by atoms with van der Waals surface area (Å²) in [6, 6.07) is 9.41. The van der Waals surface area contributed by atoms with Crippen LogP contribution in [-0.4, -0.2) is 19.2 Å². The van der Waals surface area contributed by atoms with Crippen molar-refractivity contribution in [3.05, 3.63) is 47.3 Å². The van der Waals surface area contributed by atoms with E-state index in [0.29, 0.717) is 12.2 Å². The molecule has 5 nitrogen and oxygen atoms in total. The molecular formula is C15H21N3O2S. The van der Waals surface area contributed by atoms with Gasteiger partial charge < -0.3 is 9.88 Å². The molecule has 6 heteroatoms. The molecule has 114 valence electrons. The van der Waals surface area contributed by atoms with Crippen molar-refractivity contribution in [2.45, 2.75) is 20.4 Å². The standard InChI is InChI=1S/C15H21N3O2S/c1-11-9-13(12(2)18(11)3)10-16-14-7-5-6-8-15(14)17-21(4,19)20/h5-9,16-17H,10H2,1-4H3. The minimum absolute atomic E-state index is 0.560. The molecule has 0 unspecified atom stereocenters. The van der Waals surface area contributed by atoms with Gasteiger partial charge >= 0.3 is 0 Å². The lowest BCUT2D eigenvalue weighted by molar-refractivity contribution is 0.607. The van der Waals surface area contributed by atoms with Crippen molar-refractivity contribution in [2.24, 2.45) is 7.05 Å². The van der Waals surface area contributed by atoms with Gasteiger partial charge in [0.1, 0.15) is 0 Å². The Morgan fingerprint density at radius 2 is 1.76 bits per heavy atom. The Kier molecular flexibility index (Phi) is 4.27. The van der Waals surface area contributed by atoms with E-state index in [1.54, 1.807) is 12.1 Å². The smallest absolute Gasteiger partial charge is 0.229 e. The Bertz CT molecular complexity index is 748. The summed E-state index contributed by atoms with van der Waals surface area (Å²) in [7, 11) is -1.25. The molecule has 0 radical (unpaired) electrons. The fraction of sp³-hybridized carbons (Fsp3) is 0.333. The molecule has 1 heterocycles. The highest BCUT2D eigenvalue weighted by Gasteiger charge is 2.09. The van der Waals surface area contributed by atoms with E-state index in [1.807, 2.05) is 19.2 Å². The van der Waals surface area contributed by atoms with E-state index in [2.05, 4.69) is 34.5 Å². The van der Waals surface area contributed by atoms with Crippen LogP contribution in [-0.2, 0) is 23.6 Å². The molecule has 0 spiro atoms. The first-order chi connectivity index (χ1) is 9.78. The number of nitrogens with zero attached hydrogens (tertiary/aromatic N) is 1. The lowest BCUT2D eigenvalue weighted by atomic mass is 10.2. The van der Waals surface area contributed by atoms with E-state index in [0.717, 1.165) is 11.9 Å². The number of nitrogens with one attached hydrogen (secondary N) is 2. The van der Waals surface area contributed by atoms with Gasteiger partial charge in [-0.3, -0.25) is 4.72 Å². The number of rotatable bonds is 5. The van der Waals surface area contributed by atoms with E-state index in [4.69, 9.17) is 0 Å². The highest BCUT2D eigenvalue weighted by atomic mass is 32.2. The number of benzene rings is 1. The largest absolute Gasteiger partial charge is 0.379 e. The van der Waals surface area contributed by atoms with E-state index in [-0.39, 0.29) is 0 Å². The topological polar surface area (TPSA) is 63.1 Å². The van der Waals surface area contributed by atoms with Crippen LogP contribution in [0.1, 0.15) is 17.0 Å². The zero-order valence-electron chi connectivity index (χ0n) is 12.8. The van der Waals surface area contributed by atoms with Crippen LogP contribution in [0.5, 0.6) is 0 Å². The minimum atomic E-state index is -3.29. The molecule has 0 atom stereocenters. The average molecular weight is 307 g/mol. The van der Waals surface area contributed by atoms with Crippen molar-refractivity contribution in [1.29, 1.82) is 0 Å². The second kappa shape index (κ2) is 5.81. The SMILES string of the molecule is Cc1cc(CNc2ccccc2NS(C)(=O)=O)c(C)n1C. The van der Waals surface area contributed by atoms with Crippen LogP contribution in [0.3, 0.4) is 0 Å². The number of para-hydroxylation sites is 2. The summed E-state index contributed by atoms with van der Waals surface area (Å²) < 4.78 is 27.4. The zero-order chi connectivity index (χ0) is 15.6. The number of sulfonamides is 1. The molecule has 0 aliphatic heterocycles. The summed E-state index contributed by atoms with van der Waals surface area (Å²) in [5.41, 5.74) is 4.93. The normalized spacial score (nSPS) is 11.4. The van der Waals surface area contributed by atoms with Crippen LogP contribution in [0.15, 0.2) is 30.3 Å². The van der Waals surface area contributed by atoms with Crippen LogP contribution < -0.4 is 10.0 Å². The molecule has 2 rings (SSSR count). The monoisotopic (exact) mass is 307 g/mol. The van der Waals surface area contributed by atoms with Gasteiger partial charge in [0.2, 0.25) is 10.0 Å². The zero-order valence-corrected chi connectivity index (χ0v) is 13.6. The first-order valence-corrected chi connectivity index (χ1v) is 8.59. The number of hydrogen-bond acceptors (Lipinski definition) is 3. The molecule has 0 fully saturated rings. The lowest BCUT2D eigenvalue weighted by Gasteiger charge is -2.12. The molecule has 0 saturated heterocycles. The molecule has 2 aromatic rings. The maximum Gasteiger partial charge on any atom is 0.229 e. The third-order valence-corrected chi connectivity index (χ3v) is 4.16. The van der Waals surface area contributed by atoms with Crippen molar-refractivity contribution in [3.63, 3.8) is 0 Å². The molecular weight excluding hydrogens is 286 g/mol. The van der Waals surface area contributed by atoms with Gasteiger partial charge in [0.05, 0.1) is 17.6 Å². The molecule has 1 aromatic heterocycles. The van der Waals surface area contributed by atoms with E-state index in [1.165, 1.54) is 17.0 Å². The molecule has 0 saturated carbocycles. The van der Waals surface area contributed by atoms with Gasteiger partial charge in [0, 0.05) is 25.0 Å². The average Bonchev–Trinajstić information content (AvgIpc) is 2.63. The first-order valence-electron chi connectivity index (χ1n) is 6.70. The maximum absolute atomic E-state index is 11.4. The van der Waals surface area contributed by atoms with Crippen molar-refractivity contribution in [1.82, 2.24) is 4.57 Å². The van der Waals surface area contributed by atoms with Crippen LogP contribution in [0, 0.1) is 13.8 Å². The summed E-state index contributed by atoms with van der Waals surface area (Å²) in [5, 5.41) is 3.29. The number of hydrogen-bond donors (Lipinski definition) is 2. The molecule has 0 aliphatic carbocycles. The second-order valence-corrected chi connectivity index (χ2v) is 6.98. The first kappa shape index (κ1) is 15.4. The highest BCUT2D eigenvalue weighted by Crippen LogP contribution is 2.23. The van der Waals surface area contributed by atoms with Crippen molar-refractivity contribution in [2.75, 3.05) is 16.3 Å². The summed E-state index contributed by atoms with van der Waals surface area (Å²) >= 11 is 0. The fourth-order valence-corrected chi connectivity index (χ4v) is 2.81. The Labute approximate surface area is 126 Å². The van der Waals surface area contributed by atoms with Crippen LogP contribution in [0.2, 0.25) is 0 Å². The summed E-state index contributed by atoms with van der Waals surface area (Å²) in [6.07, 6.45) is 1.15. The van der Waals surface area contributed by atoms with Gasteiger partial charge in [-0.2, -0.15) is 0 Å². The highest BCUT2D eigenvalue weighted by molar-refractivity contribution is 7.92. The summed E-state index contributed by atoms with van der Waals surface area (Å²) in [5.74, 6) is 0. The van der Waals surface area contributed by atoms with Gasteiger partial charge in [0.25, 0.3) is 0 Å². The lowest BCUT2D eigenvalue weighted by Crippen LogP contribution is -2.12. The van der Waals surface area contributed by atoms with Crippen LogP contribution in [0.25, 0.3) is 0 Å². The van der Waals surface area contributed by atoms with Crippen molar-refractivity contribution in [3.8, 4) is 0 Å².